The molecule has 24 heavy (non-hydrogen) atoms. The van der Waals surface area contributed by atoms with E-state index in [1.165, 1.54) is 0 Å². The van der Waals surface area contributed by atoms with Crippen LogP contribution < -0.4 is 0 Å². The average Bonchev–Trinajstić information content (AvgIpc) is 2.45. The van der Waals surface area contributed by atoms with Crippen molar-refractivity contribution in [2.45, 2.75) is 23.9 Å². The van der Waals surface area contributed by atoms with Crippen LogP contribution in [-0.4, -0.2) is 18.0 Å². The highest BCUT2D eigenvalue weighted by Crippen LogP contribution is 2.57. The molecule has 0 heterocycles. The van der Waals surface area contributed by atoms with Crippen LogP contribution in [0, 0.1) is 0 Å². The molecule has 0 atom stereocenters. The van der Waals surface area contributed by atoms with Crippen LogP contribution in [0.25, 0.3) is 10.8 Å². The summed E-state index contributed by atoms with van der Waals surface area (Å²) >= 11 is 0. The molecule has 1 nitrogen and oxygen atoms in total. The Kier molecular flexibility index (Phi) is 3.93. The fourth-order valence-electron chi connectivity index (χ4n) is 2.10. The first kappa shape index (κ1) is 18.2. The van der Waals surface area contributed by atoms with E-state index >= 15 is 0 Å². The van der Waals surface area contributed by atoms with E-state index in [1.54, 1.807) is 0 Å². The van der Waals surface area contributed by atoms with Gasteiger partial charge in [0.1, 0.15) is 0 Å². The Labute approximate surface area is 128 Å². The third kappa shape index (κ3) is 2.35. The normalized spacial score (nSPS) is 14.2. The zero-order chi connectivity index (χ0) is 18.6. The summed E-state index contributed by atoms with van der Waals surface area (Å²) in [7, 11) is 0. The lowest BCUT2D eigenvalue weighted by Crippen LogP contribution is -2.59. The number of rotatable bonds is 3. The minimum absolute atomic E-state index is 0.266. The van der Waals surface area contributed by atoms with Gasteiger partial charge in [-0.15, -0.1) is 0 Å². The van der Waals surface area contributed by atoms with Gasteiger partial charge in [-0.25, -0.2) is 0 Å². The first-order valence-corrected chi connectivity index (χ1v) is 6.14. The van der Waals surface area contributed by atoms with Crippen molar-refractivity contribution in [2.24, 2.45) is 0 Å². The van der Waals surface area contributed by atoms with Crippen molar-refractivity contribution >= 4 is 10.8 Å². The molecule has 0 aliphatic heterocycles. The highest BCUT2D eigenvalue weighted by molar-refractivity contribution is 5.91. The molecule has 0 bridgehead atoms. The first-order chi connectivity index (χ1) is 10.7. The van der Waals surface area contributed by atoms with Crippen LogP contribution in [0.2, 0.25) is 0 Å². The van der Waals surface area contributed by atoms with Crippen LogP contribution in [-0.2, 0) is 11.0 Å². The Hall–Kier alpha value is -2.13. The minimum Gasteiger partial charge on any atom is -0.289 e. The van der Waals surface area contributed by atoms with Gasteiger partial charge in [0, 0.05) is 10.9 Å². The molecule has 0 aliphatic rings. The molecule has 1 radical (unpaired) electrons. The zero-order valence-corrected chi connectivity index (χ0v) is 11.3. The second kappa shape index (κ2) is 5.18. The molecule has 0 aromatic heterocycles. The van der Waals surface area contributed by atoms with E-state index in [4.69, 9.17) is 0 Å². The van der Waals surface area contributed by atoms with Crippen LogP contribution in [0.3, 0.4) is 0 Å². The maximum absolute atomic E-state index is 14.0. The molecule has 0 saturated heterocycles. The van der Waals surface area contributed by atoms with Crippen molar-refractivity contribution in [3.8, 4) is 5.75 Å². The second-order valence-corrected chi connectivity index (χ2v) is 4.88. The molecule has 0 fully saturated rings. The quantitative estimate of drug-likeness (QED) is 0.606. The monoisotopic (exact) mass is 361 g/mol. The fourth-order valence-corrected chi connectivity index (χ4v) is 2.10. The number of halogens is 9. The lowest BCUT2D eigenvalue weighted by Gasteiger charge is -2.34. The molecule has 0 amide bonds. The predicted octanol–water partition coefficient (Wildman–Crippen LogP) is 5.91. The Morgan fingerprint density at radius 2 is 1.12 bits per heavy atom. The predicted molar refractivity (Wildman–Crippen MR) is 63.9 cm³/mol. The van der Waals surface area contributed by atoms with Crippen molar-refractivity contribution in [3.63, 3.8) is 0 Å². The standard InChI is InChI=1S/C14H6F9O/c15-11(16,12(17,18)13(19,20)14(21,22)23)9-5-1-4-8-7(9)3-2-6-10(8)24/h1-6H. The van der Waals surface area contributed by atoms with Crippen LogP contribution in [0.15, 0.2) is 36.4 Å². The van der Waals surface area contributed by atoms with Crippen LogP contribution in [0.5, 0.6) is 5.75 Å². The summed E-state index contributed by atoms with van der Waals surface area (Å²) in [6.07, 6.45) is -6.89. The molecule has 2 aromatic rings. The van der Waals surface area contributed by atoms with Crippen LogP contribution in [0.4, 0.5) is 39.5 Å². The minimum atomic E-state index is -6.99. The van der Waals surface area contributed by atoms with Crippen molar-refractivity contribution in [2.75, 3.05) is 0 Å². The van der Waals surface area contributed by atoms with Gasteiger partial charge in [0.2, 0.25) is 0 Å². The highest BCUT2D eigenvalue weighted by atomic mass is 19.4. The summed E-state index contributed by atoms with van der Waals surface area (Å²) in [5.74, 6) is -20.5. The molecule has 131 valence electrons. The summed E-state index contributed by atoms with van der Waals surface area (Å²) < 4.78 is 117. The van der Waals surface area contributed by atoms with Gasteiger partial charge in [-0.05, 0) is 11.5 Å². The number of benzene rings is 2. The Balaban J connectivity index is 2.73. The maximum atomic E-state index is 14.0. The van der Waals surface area contributed by atoms with Crippen LogP contribution in [0.1, 0.15) is 5.56 Å². The SMILES string of the molecule is [O]c1cccc2c(C(F)(F)C(F)(F)C(F)(F)C(F)(F)F)cccc12. The fraction of sp³-hybridized carbons (Fsp3) is 0.286. The first-order valence-electron chi connectivity index (χ1n) is 6.14. The molecule has 2 rings (SSSR count). The van der Waals surface area contributed by atoms with Gasteiger partial charge in [-0.1, -0.05) is 30.3 Å². The van der Waals surface area contributed by atoms with E-state index in [-0.39, 0.29) is 6.07 Å². The number of hydrogen-bond acceptors (Lipinski definition) is 0. The molecule has 0 unspecified atom stereocenters. The molecular weight excluding hydrogens is 355 g/mol. The molecule has 10 heteroatoms. The van der Waals surface area contributed by atoms with Crippen molar-refractivity contribution < 1.29 is 44.6 Å². The molecule has 0 saturated carbocycles. The van der Waals surface area contributed by atoms with Crippen molar-refractivity contribution in [1.29, 1.82) is 0 Å². The highest BCUT2D eigenvalue weighted by Gasteiger charge is 2.82. The topological polar surface area (TPSA) is 19.9 Å². The summed E-state index contributed by atoms with van der Waals surface area (Å²) in [5, 5.41) is 10.1. The van der Waals surface area contributed by atoms with Gasteiger partial charge in [-0.2, -0.15) is 39.5 Å². The van der Waals surface area contributed by atoms with E-state index in [2.05, 4.69) is 0 Å². The van der Waals surface area contributed by atoms with Crippen molar-refractivity contribution in [1.82, 2.24) is 0 Å². The van der Waals surface area contributed by atoms with Crippen LogP contribution >= 0.6 is 0 Å². The van der Waals surface area contributed by atoms with Gasteiger partial charge in [0.25, 0.3) is 0 Å². The molecular formula is C14H6F9O. The van der Waals surface area contributed by atoms with Gasteiger partial charge in [-0.3, -0.25) is 5.11 Å². The van der Waals surface area contributed by atoms with Gasteiger partial charge in [0.15, 0.2) is 5.75 Å². The summed E-state index contributed by atoms with van der Waals surface area (Å²) in [5.41, 5.74) is -1.80. The summed E-state index contributed by atoms with van der Waals surface area (Å²) in [4.78, 5) is 0. The van der Waals surface area contributed by atoms with E-state index in [1.807, 2.05) is 0 Å². The van der Waals surface area contributed by atoms with E-state index in [0.29, 0.717) is 6.07 Å². The average molecular weight is 361 g/mol. The van der Waals surface area contributed by atoms with Crippen molar-refractivity contribution in [3.05, 3.63) is 42.0 Å². The van der Waals surface area contributed by atoms with E-state index in [0.717, 1.165) is 24.3 Å². The molecule has 0 aliphatic carbocycles. The van der Waals surface area contributed by atoms with Gasteiger partial charge in [0.05, 0.1) is 0 Å². The van der Waals surface area contributed by atoms with E-state index < -0.39 is 46.0 Å². The third-order valence-electron chi connectivity index (χ3n) is 3.37. The summed E-state index contributed by atoms with van der Waals surface area (Å²) in [6, 6.07) is 4.45. The van der Waals surface area contributed by atoms with Gasteiger partial charge >= 0.3 is 23.9 Å². The number of fused-ring (bicyclic) bond motifs is 1. The number of hydrogen-bond donors (Lipinski definition) is 0. The Morgan fingerprint density at radius 1 is 0.625 bits per heavy atom. The zero-order valence-electron chi connectivity index (χ0n) is 11.3. The Bertz CT molecular complexity index is 764. The lowest BCUT2D eigenvalue weighted by atomic mass is 9.92. The number of alkyl halides is 9. The third-order valence-corrected chi connectivity index (χ3v) is 3.37. The largest absolute Gasteiger partial charge is 0.460 e. The van der Waals surface area contributed by atoms with Gasteiger partial charge < -0.3 is 0 Å². The molecule has 0 N–H and O–H groups in total. The van der Waals surface area contributed by atoms with E-state index in [9.17, 15) is 44.6 Å². The lowest BCUT2D eigenvalue weighted by molar-refractivity contribution is -0.399. The molecule has 2 aromatic carbocycles. The smallest absolute Gasteiger partial charge is 0.289 e. The Morgan fingerprint density at radius 3 is 1.67 bits per heavy atom. The summed E-state index contributed by atoms with van der Waals surface area (Å²) in [6.45, 7) is 0. The second-order valence-electron chi connectivity index (χ2n) is 4.88. The molecule has 0 spiro atoms. The maximum Gasteiger partial charge on any atom is 0.460 e.